The van der Waals surface area contributed by atoms with Crippen LogP contribution in [0.3, 0.4) is 0 Å². The number of aliphatic imine (C=N–C) groups is 1. The SMILES string of the molecule is C1=CC\C=C/C=N\C=C/1. The molecule has 0 radical (unpaired) electrons. The Hall–Kier alpha value is -1.11. The molecule has 1 rings (SSSR count). The van der Waals surface area contributed by atoms with Gasteiger partial charge in [-0.05, 0) is 18.6 Å². The first-order valence-corrected chi connectivity index (χ1v) is 3.00. The molecule has 1 nitrogen and oxygen atoms in total. The lowest BCUT2D eigenvalue weighted by molar-refractivity contribution is 1.40. The Bertz CT molecular complexity index is 153. The van der Waals surface area contributed by atoms with Crippen molar-refractivity contribution in [2.75, 3.05) is 0 Å². The normalized spacial score (nSPS) is 27.6. The Labute approximate surface area is 55.1 Å². The first-order valence-electron chi connectivity index (χ1n) is 3.00. The van der Waals surface area contributed by atoms with Crippen molar-refractivity contribution >= 4 is 6.21 Å². The first kappa shape index (κ1) is 6.02. The molecule has 0 aromatic carbocycles. The van der Waals surface area contributed by atoms with E-state index in [9.17, 15) is 0 Å². The van der Waals surface area contributed by atoms with Crippen LogP contribution in [0.4, 0.5) is 0 Å². The summed E-state index contributed by atoms with van der Waals surface area (Å²) in [5.74, 6) is 0. The lowest BCUT2D eigenvalue weighted by atomic mass is 10.3. The van der Waals surface area contributed by atoms with Gasteiger partial charge in [0.05, 0.1) is 0 Å². The van der Waals surface area contributed by atoms with E-state index in [0.29, 0.717) is 0 Å². The minimum atomic E-state index is 0.996. The van der Waals surface area contributed by atoms with E-state index in [1.54, 1.807) is 12.4 Å². The summed E-state index contributed by atoms with van der Waals surface area (Å²) in [5, 5.41) is 0. The number of hydrogen-bond acceptors (Lipinski definition) is 1. The Morgan fingerprint density at radius 2 is 1.89 bits per heavy atom. The molecule has 0 fully saturated rings. The highest BCUT2D eigenvalue weighted by molar-refractivity contribution is 5.71. The van der Waals surface area contributed by atoms with Gasteiger partial charge in [0.1, 0.15) is 0 Å². The fourth-order valence-corrected chi connectivity index (χ4v) is 0.574. The lowest BCUT2D eigenvalue weighted by Crippen LogP contribution is -1.59. The maximum absolute atomic E-state index is 3.95. The van der Waals surface area contributed by atoms with Crippen LogP contribution in [0.1, 0.15) is 6.42 Å². The maximum atomic E-state index is 3.95. The Kier molecular flexibility index (Phi) is 2.57. The topological polar surface area (TPSA) is 12.4 Å². The van der Waals surface area contributed by atoms with E-state index < -0.39 is 0 Å². The minimum absolute atomic E-state index is 0.996. The molecule has 0 aromatic rings. The molecule has 9 heavy (non-hydrogen) atoms. The standard InChI is InChI=1S/C8H9N/c1-2-4-6-8-9-7-5-3-1/h1,3-8H,2H2/b3-1?,6-4-,7-5-,9-8-. The predicted molar refractivity (Wildman–Crippen MR) is 40.5 cm³/mol. The van der Waals surface area contributed by atoms with E-state index in [1.807, 2.05) is 18.2 Å². The summed E-state index contributed by atoms with van der Waals surface area (Å²) in [6.45, 7) is 0. The van der Waals surface area contributed by atoms with Gasteiger partial charge in [-0.25, -0.2) is 0 Å². The minimum Gasteiger partial charge on any atom is -0.265 e. The van der Waals surface area contributed by atoms with Crippen molar-refractivity contribution in [2.45, 2.75) is 6.42 Å². The van der Waals surface area contributed by atoms with E-state index in [4.69, 9.17) is 0 Å². The smallest absolute Gasteiger partial charge is 0.0267 e. The molecular formula is C8H9N. The summed E-state index contributed by atoms with van der Waals surface area (Å²) in [7, 11) is 0. The van der Waals surface area contributed by atoms with E-state index in [-0.39, 0.29) is 0 Å². The Balaban J connectivity index is 2.60. The van der Waals surface area contributed by atoms with Gasteiger partial charge < -0.3 is 0 Å². The van der Waals surface area contributed by atoms with Crippen molar-refractivity contribution in [2.24, 2.45) is 4.99 Å². The quantitative estimate of drug-likeness (QED) is 0.463. The summed E-state index contributed by atoms with van der Waals surface area (Å²) in [4.78, 5) is 3.95. The van der Waals surface area contributed by atoms with Gasteiger partial charge in [-0.1, -0.05) is 18.2 Å². The Morgan fingerprint density at radius 3 is 2.89 bits per heavy atom. The highest BCUT2D eigenvalue weighted by Gasteiger charge is 1.70. The first-order chi connectivity index (χ1) is 4.50. The van der Waals surface area contributed by atoms with Gasteiger partial charge in [-0.3, -0.25) is 4.99 Å². The van der Waals surface area contributed by atoms with Crippen molar-refractivity contribution in [3.05, 3.63) is 36.6 Å². The summed E-state index contributed by atoms with van der Waals surface area (Å²) in [5.41, 5.74) is 0. The van der Waals surface area contributed by atoms with Crippen molar-refractivity contribution in [3.63, 3.8) is 0 Å². The van der Waals surface area contributed by atoms with Crippen LogP contribution in [-0.2, 0) is 0 Å². The summed E-state index contributed by atoms with van der Waals surface area (Å²) in [6, 6.07) is 0. The summed E-state index contributed by atoms with van der Waals surface area (Å²) in [6.07, 6.45) is 14.6. The predicted octanol–water partition coefficient (Wildman–Crippen LogP) is 2.09. The number of hydrogen-bond donors (Lipinski definition) is 0. The van der Waals surface area contributed by atoms with Crippen molar-refractivity contribution in [1.29, 1.82) is 0 Å². The third-order valence-corrected chi connectivity index (χ3v) is 1.000. The molecule has 0 atom stereocenters. The molecule has 0 N–H and O–H groups in total. The number of allylic oxidation sites excluding steroid dienone is 5. The molecule has 46 valence electrons. The molecule has 0 aromatic heterocycles. The van der Waals surface area contributed by atoms with Crippen LogP contribution in [0.5, 0.6) is 0 Å². The lowest BCUT2D eigenvalue weighted by Gasteiger charge is -1.73. The van der Waals surface area contributed by atoms with E-state index in [1.165, 1.54) is 0 Å². The molecule has 1 aliphatic rings. The van der Waals surface area contributed by atoms with Gasteiger partial charge in [-0.15, -0.1) is 0 Å². The maximum Gasteiger partial charge on any atom is 0.0267 e. The molecular weight excluding hydrogens is 110 g/mol. The van der Waals surface area contributed by atoms with Crippen LogP contribution < -0.4 is 0 Å². The van der Waals surface area contributed by atoms with E-state index in [2.05, 4.69) is 17.1 Å². The van der Waals surface area contributed by atoms with Gasteiger partial charge >= 0.3 is 0 Å². The van der Waals surface area contributed by atoms with Crippen LogP contribution in [0, 0.1) is 0 Å². The van der Waals surface area contributed by atoms with Crippen LogP contribution in [0.25, 0.3) is 0 Å². The fourth-order valence-electron chi connectivity index (χ4n) is 0.574. The molecule has 0 spiro atoms. The van der Waals surface area contributed by atoms with Crippen molar-refractivity contribution < 1.29 is 0 Å². The second-order valence-electron chi connectivity index (χ2n) is 1.73. The molecule has 0 unspecified atom stereocenters. The van der Waals surface area contributed by atoms with Crippen molar-refractivity contribution in [3.8, 4) is 0 Å². The average Bonchev–Trinajstić information content (AvgIpc) is 2.00. The molecule has 0 aliphatic carbocycles. The van der Waals surface area contributed by atoms with Gasteiger partial charge in [0.25, 0.3) is 0 Å². The van der Waals surface area contributed by atoms with Crippen LogP contribution in [0.15, 0.2) is 41.6 Å². The van der Waals surface area contributed by atoms with Crippen LogP contribution in [-0.4, -0.2) is 6.21 Å². The third kappa shape index (κ3) is 2.65. The second kappa shape index (κ2) is 3.84. The van der Waals surface area contributed by atoms with Crippen molar-refractivity contribution in [1.82, 2.24) is 0 Å². The molecule has 1 aliphatic heterocycles. The van der Waals surface area contributed by atoms with E-state index in [0.717, 1.165) is 6.42 Å². The fraction of sp³-hybridized carbons (Fsp3) is 0.125. The van der Waals surface area contributed by atoms with Crippen LogP contribution >= 0.6 is 0 Å². The van der Waals surface area contributed by atoms with Gasteiger partial charge in [0, 0.05) is 12.4 Å². The number of rotatable bonds is 0. The third-order valence-electron chi connectivity index (χ3n) is 1.000. The molecule has 0 saturated heterocycles. The average molecular weight is 119 g/mol. The van der Waals surface area contributed by atoms with Gasteiger partial charge in [0.2, 0.25) is 0 Å². The summed E-state index contributed by atoms with van der Waals surface area (Å²) >= 11 is 0. The van der Waals surface area contributed by atoms with Gasteiger partial charge in [-0.2, -0.15) is 0 Å². The zero-order valence-corrected chi connectivity index (χ0v) is 5.20. The molecule has 0 bridgehead atoms. The second-order valence-corrected chi connectivity index (χ2v) is 1.73. The van der Waals surface area contributed by atoms with E-state index >= 15 is 0 Å². The molecule has 1 heteroatoms. The molecule has 0 amide bonds. The zero-order valence-electron chi connectivity index (χ0n) is 5.20. The zero-order chi connectivity index (χ0) is 6.36. The molecule has 1 heterocycles. The largest absolute Gasteiger partial charge is 0.265 e. The van der Waals surface area contributed by atoms with Crippen LogP contribution in [0.2, 0.25) is 0 Å². The highest BCUT2D eigenvalue weighted by atomic mass is 14.6. The highest BCUT2D eigenvalue weighted by Crippen LogP contribution is 1.88. The summed E-state index contributed by atoms with van der Waals surface area (Å²) < 4.78 is 0. The number of nitrogens with zero attached hydrogens (tertiary/aromatic N) is 1. The molecule has 0 saturated carbocycles. The van der Waals surface area contributed by atoms with Gasteiger partial charge in [0.15, 0.2) is 0 Å². The monoisotopic (exact) mass is 119 g/mol. The Morgan fingerprint density at radius 1 is 1.00 bits per heavy atom.